The Kier molecular flexibility index (Phi) is 6.41. The minimum absolute atomic E-state index is 0.0190. The number of aromatic hydroxyl groups is 2. The van der Waals surface area contributed by atoms with Gasteiger partial charge in [-0.15, -0.1) is 0 Å². The summed E-state index contributed by atoms with van der Waals surface area (Å²) in [4.78, 5) is 30.1. The normalized spacial score (nSPS) is 11.2. The van der Waals surface area contributed by atoms with Crippen molar-refractivity contribution in [1.82, 2.24) is 15.0 Å². The number of fused-ring (bicyclic) bond motifs is 1. The first-order valence-corrected chi connectivity index (χ1v) is 11.0. The van der Waals surface area contributed by atoms with E-state index in [0.29, 0.717) is 27.3 Å². The second-order valence-electron chi connectivity index (χ2n) is 7.22. The van der Waals surface area contributed by atoms with Crippen molar-refractivity contribution in [2.24, 2.45) is 5.10 Å². The lowest BCUT2D eigenvalue weighted by Crippen LogP contribution is -2.24. The lowest BCUT2D eigenvalue weighted by Gasteiger charge is -2.13. The number of carbonyl (C=O) groups is 1. The van der Waals surface area contributed by atoms with Gasteiger partial charge in [-0.05, 0) is 55.0 Å². The van der Waals surface area contributed by atoms with E-state index in [9.17, 15) is 19.8 Å². The Hall–Kier alpha value is -4.11. The molecule has 0 spiro atoms. The van der Waals surface area contributed by atoms with Gasteiger partial charge in [-0.3, -0.25) is 14.2 Å². The van der Waals surface area contributed by atoms with Gasteiger partial charge in [-0.2, -0.15) is 5.10 Å². The van der Waals surface area contributed by atoms with Crippen molar-refractivity contribution in [3.8, 4) is 17.2 Å². The second-order valence-corrected chi connectivity index (χ2v) is 8.16. The van der Waals surface area contributed by atoms with Gasteiger partial charge in [-0.1, -0.05) is 41.6 Å². The molecule has 4 aromatic rings. The highest BCUT2D eigenvalue weighted by Crippen LogP contribution is 2.24. The van der Waals surface area contributed by atoms with Crippen LogP contribution >= 0.6 is 11.8 Å². The molecule has 0 saturated heterocycles. The molecule has 1 heterocycles. The zero-order chi connectivity index (χ0) is 23.4. The number of hydrogen-bond acceptors (Lipinski definition) is 7. The number of hydrazone groups is 1. The number of hydrogen-bond donors (Lipinski definition) is 3. The lowest BCUT2D eigenvalue weighted by molar-refractivity contribution is -0.118. The monoisotopic (exact) mass is 460 g/mol. The van der Waals surface area contributed by atoms with Gasteiger partial charge >= 0.3 is 0 Å². The van der Waals surface area contributed by atoms with Crippen molar-refractivity contribution in [2.75, 3.05) is 5.75 Å². The van der Waals surface area contributed by atoms with E-state index in [1.54, 1.807) is 24.3 Å². The van der Waals surface area contributed by atoms with Gasteiger partial charge in [0.15, 0.2) is 16.7 Å². The van der Waals surface area contributed by atoms with Crippen LogP contribution in [0.3, 0.4) is 0 Å². The summed E-state index contributed by atoms with van der Waals surface area (Å²) in [6.07, 6.45) is 1.35. The fourth-order valence-electron chi connectivity index (χ4n) is 3.09. The predicted octanol–water partition coefficient (Wildman–Crippen LogP) is 3.35. The molecule has 3 aromatic carbocycles. The molecule has 8 nitrogen and oxygen atoms in total. The Morgan fingerprint density at radius 2 is 1.85 bits per heavy atom. The van der Waals surface area contributed by atoms with E-state index in [1.807, 2.05) is 37.3 Å². The molecule has 0 saturated carbocycles. The number of phenols is 2. The number of nitrogens with one attached hydrogen (secondary N) is 1. The standard InChI is InChI=1S/C24H20N4O4S/c1-15-6-9-17(10-7-15)28-23(32)18-4-2-3-5-19(18)26-24(28)33-14-22(31)27-25-13-16-8-11-20(29)21(30)12-16/h2-13,29-30H,14H2,1H3,(H,27,31). The second kappa shape index (κ2) is 9.58. The topological polar surface area (TPSA) is 117 Å². The average Bonchev–Trinajstić information content (AvgIpc) is 2.81. The van der Waals surface area contributed by atoms with E-state index in [0.717, 1.165) is 17.3 Å². The highest BCUT2D eigenvalue weighted by atomic mass is 32.2. The summed E-state index contributed by atoms with van der Waals surface area (Å²) < 4.78 is 1.50. The first-order valence-electron chi connectivity index (χ1n) is 9.98. The van der Waals surface area contributed by atoms with Crippen LogP contribution in [0.5, 0.6) is 11.5 Å². The zero-order valence-electron chi connectivity index (χ0n) is 17.6. The smallest absolute Gasteiger partial charge is 0.266 e. The fraction of sp³-hybridized carbons (Fsp3) is 0.0833. The summed E-state index contributed by atoms with van der Waals surface area (Å²) in [6, 6.07) is 18.8. The molecule has 166 valence electrons. The summed E-state index contributed by atoms with van der Waals surface area (Å²) >= 11 is 1.13. The molecular formula is C24H20N4O4S. The predicted molar refractivity (Wildman–Crippen MR) is 128 cm³/mol. The first-order chi connectivity index (χ1) is 15.9. The molecule has 0 aliphatic rings. The molecule has 4 rings (SSSR count). The van der Waals surface area contributed by atoms with Gasteiger partial charge in [0, 0.05) is 0 Å². The van der Waals surface area contributed by atoms with Crippen molar-refractivity contribution in [3.05, 3.63) is 88.2 Å². The average molecular weight is 461 g/mol. The van der Waals surface area contributed by atoms with Gasteiger partial charge in [-0.25, -0.2) is 10.4 Å². The highest BCUT2D eigenvalue weighted by Gasteiger charge is 2.14. The lowest BCUT2D eigenvalue weighted by atomic mass is 10.2. The largest absolute Gasteiger partial charge is 0.504 e. The van der Waals surface area contributed by atoms with Gasteiger partial charge in [0.1, 0.15) is 0 Å². The third-order valence-electron chi connectivity index (χ3n) is 4.77. The number of amides is 1. The summed E-state index contributed by atoms with van der Waals surface area (Å²) in [5, 5.41) is 23.6. The molecule has 0 radical (unpaired) electrons. The van der Waals surface area contributed by atoms with Crippen LogP contribution < -0.4 is 11.0 Å². The van der Waals surface area contributed by atoms with Crippen molar-refractivity contribution in [1.29, 1.82) is 0 Å². The SMILES string of the molecule is Cc1ccc(-n2c(SCC(=O)NN=Cc3ccc(O)c(O)c3)nc3ccccc3c2=O)cc1. The number of nitrogens with zero attached hydrogens (tertiary/aromatic N) is 3. The van der Waals surface area contributed by atoms with Crippen LogP contribution in [0.4, 0.5) is 0 Å². The van der Waals surface area contributed by atoms with Gasteiger partial charge in [0.2, 0.25) is 0 Å². The number of benzene rings is 3. The van der Waals surface area contributed by atoms with Crippen LogP contribution in [0.25, 0.3) is 16.6 Å². The molecule has 0 fully saturated rings. The third kappa shape index (κ3) is 5.04. The summed E-state index contributed by atoms with van der Waals surface area (Å²) in [5.74, 6) is -0.932. The maximum Gasteiger partial charge on any atom is 0.266 e. The number of carbonyl (C=O) groups excluding carboxylic acids is 1. The van der Waals surface area contributed by atoms with Gasteiger partial charge < -0.3 is 10.2 Å². The van der Waals surface area contributed by atoms with Crippen LogP contribution in [-0.4, -0.2) is 37.6 Å². The van der Waals surface area contributed by atoms with Crippen LogP contribution in [0, 0.1) is 6.92 Å². The molecule has 33 heavy (non-hydrogen) atoms. The van der Waals surface area contributed by atoms with Gasteiger partial charge in [0.05, 0.1) is 28.6 Å². The molecule has 0 atom stereocenters. The molecule has 3 N–H and O–H groups in total. The molecule has 0 unspecified atom stereocenters. The van der Waals surface area contributed by atoms with Crippen molar-refractivity contribution >= 4 is 34.8 Å². The minimum atomic E-state index is -0.392. The molecule has 9 heteroatoms. The van der Waals surface area contributed by atoms with Crippen LogP contribution in [-0.2, 0) is 4.79 Å². The fourth-order valence-corrected chi connectivity index (χ4v) is 3.90. The Bertz CT molecular complexity index is 1410. The van der Waals surface area contributed by atoms with E-state index < -0.39 is 5.91 Å². The number of para-hydroxylation sites is 1. The Morgan fingerprint density at radius 1 is 1.09 bits per heavy atom. The summed E-state index contributed by atoms with van der Waals surface area (Å²) in [6.45, 7) is 1.96. The Balaban J connectivity index is 1.55. The van der Waals surface area contributed by atoms with E-state index in [4.69, 9.17) is 0 Å². The van der Waals surface area contributed by atoms with E-state index in [-0.39, 0.29) is 22.8 Å². The van der Waals surface area contributed by atoms with Crippen molar-refractivity contribution < 1.29 is 15.0 Å². The van der Waals surface area contributed by atoms with E-state index >= 15 is 0 Å². The number of aryl methyl sites for hydroxylation is 1. The van der Waals surface area contributed by atoms with Crippen molar-refractivity contribution in [2.45, 2.75) is 12.1 Å². The molecule has 1 aromatic heterocycles. The molecule has 0 aliphatic heterocycles. The number of aromatic nitrogens is 2. The van der Waals surface area contributed by atoms with Crippen LogP contribution in [0.15, 0.2) is 81.8 Å². The number of thioether (sulfide) groups is 1. The number of phenolic OH excluding ortho intramolecular Hbond substituents is 2. The molecule has 0 bridgehead atoms. The maximum absolute atomic E-state index is 13.2. The Morgan fingerprint density at radius 3 is 2.61 bits per heavy atom. The number of rotatable bonds is 6. The molecular weight excluding hydrogens is 440 g/mol. The zero-order valence-corrected chi connectivity index (χ0v) is 18.4. The summed E-state index contributed by atoms with van der Waals surface area (Å²) in [7, 11) is 0. The summed E-state index contributed by atoms with van der Waals surface area (Å²) in [5.41, 5.74) is 4.98. The first kappa shape index (κ1) is 22.1. The Labute approximate surface area is 193 Å². The van der Waals surface area contributed by atoms with Gasteiger partial charge in [0.25, 0.3) is 11.5 Å². The van der Waals surface area contributed by atoms with Crippen molar-refractivity contribution in [3.63, 3.8) is 0 Å². The van der Waals surface area contributed by atoms with E-state index in [1.165, 1.54) is 22.9 Å². The third-order valence-corrected chi connectivity index (χ3v) is 5.71. The quantitative estimate of drug-likeness (QED) is 0.134. The van der Waals surface area contributed by atoms with Crippen LogP contribution in [0.1, 0.15) is 11.1 Å². The molecule has 1 amide bonds. The van der Waals surface area contributed by atoms with Crippen LogP contribution in [0.2, 0.25) is 0 Å². The molecule has 0 aliphatic carbocycles. The highest BCUT2D eigenvalue weighted by molar-refractivity contribution is 7.99. The minimum Gasteiger partial charge on any atom is -0.504 e. The van der Waals surface area contributed by atoms with E-state index in [2.05, 4.69) is 15.5 Å². The maximum atomic E-state index is 13.2.